The summed E-state index contributed by atoms with van der Waals surface area (Å²) in [5.74, 6) is 0.176. The first-order chi connectivity index (χ1) is 14.1. The molecule has 0 bridgehead atoms. The number of aromatic nitrogens is 3. The maximum atomic E-state index is 13.3. The van der Waals surface area contributed by atoms with Gasteiger partial charge >= 0.3 is 0 Å². The fourth-order valence-corrected chi connectivity index (χ4v) is 3.91. The van der Waals surface area contributed by atoms with Gasteiger partial charge in [0.15, 0.2) is 0 Å². The third-order valence-corrected chi connectivity index (χ3v) is 5.48. The second-order valence-electron chi connectivity index (χ2n) is 6.64. The molecule has 0 saturated heterocycles. The Kier molecular flexibility index (Phi) is 5.48. The van der Waals surface area contributed by atoms with Crippen molar-refractivity contribution in [3.05, 3.63) is 95.3 Å². The first kappa shape index (κ1) is 19.0. The normalized spacial score (nSPS) is 11.9. The van der Waals surface area contributed by atoms with E-state index in [-0.39, 0.29) is 18.1 Å². The number of aryl methyl sites for hydroxylation is 1. The minimum absolute atomic E-state index is 0.158. The first-order valence-electron chi connectivity index (χ1n) is 9.12. The minimum Gasteiger partial charge on any atom is -0.342 e. The zero-order chi connectivity index (χ0) is 20.2. The van der Waals surface area contributed by atoms with Gasteiger partial charge in [-0.2, -0.15) is 0 Å². The molecule has 5 nitrogen and oxygen atoms in total. The molecule has 0 aliphatic rings. The van der Waals surface area contributed by atoms with Crippen LogP contribution in [0, 0.1) is 5.82 Å². The van der Waals surface area contributed by atoms with E-state index >= 15 is 0 Å². The monoisotopic (exact) mass is 406 g/mol. The van der Waals surface area contributed by atoms with Crippen LogP contribution in [0.5, 0.6) is 0 Å². The van der Waals surface area contributed by atoms with E-state index in [0.717, 1.165) is 16.1 Å². The fourth-order valence-electron chi connectivity index (χ4n) is 3.09. The van der Waals surface area contributed by atoms with Crippen molar-refractivity contribution in [2.24, 2.45) is 7.05 Å². The zero-order valence-electron chi connectivity index (χ0n) is 15.7. The van der Waals surface area contributed by atoms with Gasteiger partial charge in [-0.05, 0) is 17.7 Å². The number of benzene rings is 2. The van der Waals surface area contributed by atoms with Crippen LogP contribution in [0.2, 0.25) is 0 Å². The predicted octanol–water partition coefficient (Wildman–Crippen LogP) is 4.13. The highest BCUT2D eigenvalue weighted by atomic mass is 32.1. The Morgan fingerprint density at radius 1 is 1.17 bits per heavy atom. The molecule has 2 heterocycles. The van der Waals surface area contributed by atoms with Crippen LogP contribution < -0.4 is 5.32 Å². The highest BCUT2D eigenvalue weighted by molar-refractivity contribution is 7.13. The molecule has 1 amide bonds. The van der Waals surface area contributed by atoms with Gasteiger partial charge in [0.1, 0.15) is 22.7 Å². The van der Waals surface area contributed by atoms with Crippen LogP contribution in [-0.4, -0.2) is 20.4 Å². The molecule has 2 aromatic carbocycles. The van der Waals surface area contributed by atoms with Gasteiger partial charge < -0.3 is 9.88 Å². The fraction of sp³-hybridized carbons (Fsp3) is 0.136. The van der Waals surface area contributed by atoms with E-state index in [2.05, 4.69) is 15.3 Å². The van der Waals surface area contributed by atoms with Crippen molar-refractivity contribution in [3.8, 4) is 10.6 Å². The standard InChI is InChI=1S/C22H19FN4OS/c1-27-12-11-24-21(27)20(15-7-9-17(23)10-8-15)26-19(28)13-18-14-29-22(25-18)16-5-3-2-4-6-16/h2-12,14,20H,13H2,1H3,(H,26,28)/t20-/m1/s1. The summed E-state index contributed by atoms with van der Waals surface area (Å²) in [4.78, 5) is 21.7. The lowest BCUT2D eigenvalue weighted by molar-refractivity contribution is -0.121. The molecule has 2 aromatic heterocycles. The maximum Gasteiger partial charge on any atom is 0.226 e. The summed E-state index contributed by atoms with van der Waals surface area (Å²) in [7, 11) is 1.86. The van der Waals surface area contributed by atoms with Crippen LogP contribution in [0.15, 0.2) is 72.4 Å². The highest BCUT2D eigenvalue weighted by Crippen LogP contribution is 2.24. The Morgan fingerprint density at radius 2 is 1.93 bits per heavy atom. The molecule has 146 valence electrons. The molecule has 4 aromatic rings. The van der Waals surface area contributed by atoms with E-state index in [1.165, 1.54) is 23.5 Å². The molecule has 1 N–H and O–H groups in total. The minimum atomic E-state index is -0.477. The average Bonchev–Trinajstić information content (AvgIpc) is 3.37. The molecule has 0 aliphatic carbocycles. The molecule has 0 saturated carbocycles. The molecule has 7 heteroatoms. The molecule has 0 unspecified atom stereocenters. The van der Waals surface area contributed by atoms with Crippen LogP contribution in [0.4, 0.5) is 4.39 Å². The number of carbonyl (C=O) groups excluding carboxylic acids is 1. The largest absolute Gasteiger partial charge is 0.342 e. The molecule has 29 heavy (non-hydrogen) atoms. The molecule has 1 atom stereocenters. The molecular weight excluding hydrogens is 387 g/mol. The molecule has 0 aliphatic heterocycles. The van der Waals surface area contributed by atoms with Crippen LogP contribution in [-0.2, 0) is 18.3 Å². The number of hydrogen-bond acceptors (Lipinski definition) is 4. The van der Waals surface area contributed by atoms with E-state index < -0.39 is 6.04 Å². The van der Waals surface area contributed by atoms with Gasteiger partial charge in [-0.1, -0.05) is 42.5 Å². The molecule has 0 spiro atoms. The number of imidazole rings is 1. The van der Waals surface area contributed by atoms with E-state index in [4.69, 9.17) is 0 Å². The van der Waals surface area contributed by atoms with Crippen LogP contribution in [0.1, 0.15) is 23.1 Å². The maximum absolute atomic E-state index is 13.3. The molecule has 0 radical (unpaired) electrons. The van der Waals surface area contributed by atoms with Gasteiger partial charge in [0, 0.05) is 30.4 Å². The number of halogens is 1. The Hall–Kier alpha value is -3.32. The van der Waals surface area contributed by atoms with Gasteiger partial charge in [0.25, 0.3) is 0 Å². The Balaban J connectivity index is 1.52. The van der Waals surface area contributed by atoms with Crippen molar-refractivity contribution in [2.75, 3.05) is 0 Å². The van der Waals surface area contributed by atoms with Gasteiger partial charge in [-0.15, -0.1) is 11.3 Å². The lowest BCUT2D eigenvalue weighted by atomic mass is 10.1. The number of nitrogens with one attached hydrogen (secondary N) is 1. The van der Waals surface area contributed by atoms with E-state index in [9.17, 15) is 9.18 Å². The third kappa shape index (κ3) is 4.41. The summed E-state index contributed by atoms with van der Waals surface area (Å²) < 4.78 is 15.2. The second-order valence-corrected chi connectivity index (χ2v) is 7.49. The Labute approximate surface area is 171 Å². The summed E-state index contributed by atoms with van der Waals surface area (Å²) in [5, 5.41) is 5.79. The van der Waals surface area contributed by atoms with Crippen LogP contribution in [0.25, 0.3) is 10.6 Å². The Bertz CT molecular complexity index is 1110. The number of thiazole rings is 1. The van der Waals surface area contributed by atoms with E-state index in [1.807, 2.05) is 53.5 Å². The lowest BCUT2D eigenvalue weighted by Gasteiger charge is -2.19. The van der Waals surface area contributed by atoms with Crippen molar-refractivity contribution >= 4 is 17.2 Å². The number of rotatable bonds is 6. The van der Waals surface area contributed by atoms with E-state index in [0.29, 0.717) is 11.5 Å². The highest BCUT2D eigenvalue weighted by Gasteiger charge is 2.21. The summed E-state index contributed by atoms with van der Waals surface area (Å²) in [6.07, 6.45) is 3.64. The number of nitrogens with zero attached hydrogens (tertiary/aromatic N) is 3. The van der Waals surface area contributed by atoms with Gasteiger partial charge in [-0.3, -0.25) is 4.79 Å². The van der Waals surface area contributed by atoms with Crippen molar-refractivity contribution in [3.63, 3.8) is 0 Å². The number of amides is 1. The summed E-state index contributed by atoms with van der Waals surface area (Å²) in [6, 6.07) is 15.5. The SMILES string of the molecule is Cn1ccnc1[C@H](NC(=O)Cc1csc(-c2ccccc2)n1)c1ccc(F)cc1. The van der Waals surface area contributed by atoms with Gasteiger partial charge in [-0.25, -0.2) is 14.4 Å². The van der Waals surface area contributed by atoms with Crippen LogP contribution in [0.3, 0.4) is 0 Å². The lowest BCUT2D eigenvalue weighted by Crippen LogP contribution is -2.32. The summed E-state index contributed by atoms with van der Waals surface area (Å²) >= 11 is 1.51. The summed E-state index contributed by atoms with van der Waals surface area (Å²) in [6.45, 7) is 0. The van der Waals surface area contributed by atoms with Gasteiger partial charge in [0.05, 0.1) is 12.1 Å². The predicted molar refractivity (Wildman–Crippen MR) is 111 cm³/mol. The van der Waals surface area contributed by atoms with E-state index in [1.54, 1.807) is 18.3 Å². The first-order valence-corrected chi connectivity index (χ1v) is 10.00. The number of carbonyl (C=O) groups is 1. The smallest absolute Gasteiger partial charge is 0.226 e. The average molecular weight is 406 g/mol. The number of hydrogen-bond donors (Lipinski definition) is 1. The van der Waals surface area contributed by atoms with Gasteiger partial charge in [0.2, 0.25) is 5.91 Å². The molecule has 0 fully saturated rings. The van der Waals surface area contributed by atoms with Crippen molar-refractivity contribution < 1.29 is 9.18 Å². The zero-order valence-corrected chi connectivity index (χ0v) is 16.6. The molecule has 4 rings (SSSR count). The van der Waals surface area contributed by atoms with Crippen LogP contribution >= 0.6 is 11.3 Å². The van der Waals surface area contributed by atoms with Crippen molar-refractivity contribution in [2.45, 2.75) is 12.5 Å². The topological polar surface area (TPSA) is 59.8 Å². The quantitative estimate of drug-likeness (QED) is 0.524. The Morgan fingerprint density at radius 3 is 2.62 bits per heavy atom. The molecular formula is C22H19FN4OS. The van der Waals surface area contributed by atoms with Crippen molar-refractivity contribution in [1.82, 2.24) is 19.9 Å². The third-order valence-electron chi connectivity index (χ3n) is 4.54. The van der Waals surface area contributed by atoms with Crippen molar-refractivity contribution in [1.29, 1.82) is 0 Å². The second kappa shape index (κ2) is 8.36. The summed E-state index contributed by atoms with van der Waals surface area (Å²) in [5.41, 5.74) is 2.50.